The highest BCUT2D eigenvalue weighted by Crippen LogP contribution is 2.23. The molecule has 1 aliphatic rings. The number of imide groups is 1. The number of hydrogen-bond donors (Lipinski definition) is 0. The maximum absolute atomic E-state index is 14.0. The molecule has 0 radical (unpaired) electrons. The molecule has 0 fully saturated rings. The monoisotopic (exact) mass is 339 g/mol. The molecule has 5 heteroatoms. The van der Waals surface area contributed by atoms with Crippen molar-refractivity contribution in [3.8, 4) is 0 Å². The molecule has 1 aliphatic heterocycles. The molecular weight excluding hydrogens is 321 g/mol. The van der Waals surface area contributed by atoms with Gasteiger partial charge in [-0.2, -0.15) is 0 Å². The van der Waals surface area contributed by atoms with Crippen LogP contribution in [0.5, 0.6) is 0 Å². The van der Waals surface area contributed by atoms with Gasteiger partial charge in [0.2, 0.25) is 0 Å². The average molecular weight is 339 g/mol. The molecule has 0 saturated heterocycles. The van der Waals surface area contributed by atoms with Gasteiger partial charge in [0.25, 0.3) is 11.8 Å². The van der Waals surface area contributed by atoms with Crippen LogP contribution in [-0.2, 0) is 11.3 Å². The third-order valence-corrected chi connectivity index (χ3v) is 3.93. The number of ether oxygens (including phenoxy) is 1. The van der Waals surface area contributed by atoms with Gasteiger partial charge < -0.3 is 4.74 Å². The predicted octanol–water partition coefficient (Wildman–Crippen LogP) is 3.74. The second kappa shape index (κ2) is 7.85. The normalized spacial score (nSPS) is 14.1. The zero-order valence-corrected chi connectivity index (χ0v) is 13.7. The zero-order chi connectivity index (χ0) is 17.6. The second-order valence-electron chi connectivity index (χ2n) is 5.72. The largest absolute Gasteiger partial charge is 0.376 e. The minimum atomic E-state index is -0.516. The Morgan fingerprint density at radius 3 is 2.20 bits per heavy atom. The van der Waals surface area contributed by atoms with Gasteiger partial charge in [-0.05, 0) is 30.2 Å². The molecule has 0 spiro atoms. The molecule has 2 amide bonds. The molecule has 3 rings (SSSR count). The summed E-state index contributed by atoms with van der Waals surface area (Å²) < 4.78 is 19.5. The number of carbonyl (C=O) groups excluding carboxylic acids is 2. The van der Waals surface area contributed by atoms with Crippen molar-refractivity contribution in [3.05, 3.63) is 83.2 Å². The van der Waals surface area contributed by atoms with Crippen molar-refractivity contribution in [2.75, 3.05) is 13.2 Å². The molecule has 128 valence electrons. The predicted molar refractivity (Wildman–Crippen MR) is 91.7 cm³/mol. The van der Waals surface area contributed by atoms with Gasteiger partial charge >= 0.3 is 0 Å². The fraction of sp³-hybridized carbons (Fsp3) is 0.200. The van der Waals surface area contributed by atoms with Crippen molar-refractivity contribution in [1.29, 1.82) is 0 Å². The Morgan fingerprint density at radius 1 is 0.960 bits per heavy atom. The summed E-state index contributed by atoms with van der Waals surface area (Å²) in [6.45, 7) is 0.490. The Hall–Kier alpha value is -2.79. The molecule has 0 saturated carbocycles. The lowest BCUT2D eigenvalue weighted by molar-refractivity contribution is 0.0659. The topological polar surface area (TPSA) is 46.6 Å². The van der Waals surface area contributed by atoms with Crippen LogP contribution in [0.2, 0.25) is 0 Å². The van der Waals surface area contributed by atoms with Gasteiger partial charge in [-0.25, -0.2) is 4.39 Å². The summed E-state index contributed by atoms with van der Waals surface area (Å²) in [6, 6.07) is 16.2. The SMILES string of the molecule is O=C1c2ccccc2C(=O)N1C/C(F)=C/CCOCc1ccccc1. The average Bonchev–Trinajstić information content (AvgIpc) is 2.88. The van der Waals surface area contributed by atoms with Crippen LogP contribution in [0.1, 0.15) is 32.7 Å². The fourth-order valence-corrected chi connectivity index (χ4v) is 2.66. The first kappa shape index (κ1) is 17.0. The van der Waals surface area contributed by atoms with Gasteiger partial charge in [0.05, 0.1) is 30.9 Å². The van der Waals surface area contributed by atoms with Crippen molar-refractivity contribution >= 4 is 11.8 Å². The smallest absolute Gasteiger partial charge is 0.261 e. The molecule has 0 N–H and O–H groups in total. The highest BCUT2D eigenvalue weighted by Gasteiger charge is 2.35. The summed E-state index contributed by atoms with van der Waals surface area (Å²) >= 11 is 0. The van der Waals surface area contributed by atoms with Crippen molar-refractivity contribution in [2.24, 2.45) is 0 Å². The van der Waals surface area contributed by atoms with E-state index in [1.807, 2.05) is 30.3 Å². The standard InChI is InChI=1S/C20H18FNO3/c21-16(9-6-12-25-14-15-7-2-1-3-8-15)13-22-19(23)17-10-4-5-11-18(17)20(22)24/h1-5,7-11H,6,12-14H2/b16-9-. The molecule has 4 nitrogen and oxygen atoms in total. The Labute approximate surface area is 145 Å². The van der Waals surface area contributed by atoms with Crippen LogP contribution in [0.3, 0.4) is 0 Å². The Kier molecular flexibility index (Phi) is 5.36. The number of fused-ring (bicyclic) bond motifs is 1. The highest BCUT2D eigenvalue weighted by molar-refractivity contribution is 6.21. The van der Waals surface area contributed by atoms with Crippen LogP contribution in [0, 0.1) is 0 Å². The first-order chi connectivity index (χ1) is 12.2. The number of benzene rings is 2. The molecular formula is C20H18FNO3. The van der Waals surface area contributed by atoms with E-state index >= 15 is 0 Å². The number of carbonyl (C=O) groups is 2. The van der Waals surface area contributed by atoms with Crippen molar-refractivity contribution in [1.82, 2.24) is 4.90 Å². The maximum Gasteiger partial charge on any atom is 0.261 e. The lowest BCUT2D eigenvalue weighted by atomic mass is 10.1. The summed E-state index contributed by atoms with van der Waals surface area (Å²) in [7, 11) is 0. The third kappa shape index (κ3) is 4.00. The van der Waals surface area contributed by atoms with E-state index in [1.54, 1.807) is 24.3 Å². The lowest BCUT2D eigenvalue weighted by Gasteiger charge is -2.12. The van der Waals surface area contributed by atoms with E-state index in [4.69, 9.17) is 4.74 Å². The summed E-state index contributed by atoms with van der Waals surface area (Å²) in [5, 5.41) is 0. The van der Waals surface area contributed by atoms with Crippen LogP contribution in [0.4, 0.5) is 4.39 Å². The first-order valence-electron chi connectivity index (χ1n) is 8.08. The molecule has 0 unspecified atom stereocenters. The summed E-state index contributed by atoms with van der Waals surface area (Å²) in [5.41, 5.74) is 1.70. The molecule has 2 aromatic rings. The van der Waals surface area contributed by atoms with Crippen LogP contribution in [0.25, 0.3) is 0 Å². The first-order valence-corrected chi connectivity index (χ1v) is 8.08. The number of nitrogens with zero attached hydrogens (tertiary/aromatic N) is 1. The lowest BCUT2D eigenvalue weighted by Crippen LogP contribution is -2.31. The van der Waals surface area contributed by atoms with E-state index in [9.17, 15) is 14.0 Å². The van der Waals surface area contributed by atoms with Crippen LogP contribution < -0.4 is 0 Å². The van der Waals surface area contributed by atoms with Gasteiger partial charge in [-0.3, -0.25) is 14.5 Å². The van der Waals surface area contributed by atoms with E-state index in [1.165, 1.54) is 6.08 Å². The molecule has 25 heavy (non-hydrogen) atoms. The number of halogens is 1. The molecule has 0 atom stereocenters. The van der Waals surface area contributed by atoms with Crippen LogP contribution >= 0.6 is 0 Å². The van der Waals surface area contributed by atoms with E-state index in [-0.39, 0.29) is 6.54 Å². The summed E-state index contributed by atoms with van der Waals surface area (Å²) in [5.74, 6) is -1.42. The third-order valence-electron chi connectivity index (χ3n) is 3.93. The second-order valence-corrected chi connectivity index (χ2v) is 5.72. The van der Waals surface area contributed by atoms with E-state index in [2.05, 4.69) is 0 Å². The van der Waals surface area contributed by atoms with Gasteiger partial charge in [-0.15, -0.1) is 0 Å². The number of amides is 2. The van der Waals surface area contributed by atoms with Gasteiger partial charge in [0.1, 0.15) is 5.83 Å². The van der Waals surface area contributed by atoms with Crippen LogP contribution in [0.15, 0.2) is 66.5 Å². The Morgan fingerprint density at radius 2 is 1.56 bits per heavy atom. The van der Waals surface area contributed by atoms with Gasteiger partial charge in [0.15, 0.2) is 0 Å². The van der Waals surface area contributed by atoms with Crippen LogP contribution in [-0.4, -0.2) is 29.9 Å². The Bertz CT molecular complexity index is 767. The van der Waals surface area contributed by atoms with E-state index < -0.39 is 17.6 Å². The van der Waals surface area contributed by atoms with E-state index in [0.717, 1.165) is 10.5 Å². The molecule has 0 aliphatic carbocycles. The zero-order valence-electron chi connectivity index (χ0n) is 13.7. The minimum Gasteiger partial charge on any atom is -0.376 e. The highest BCUT2D eigenvalue weighted by atomic mass is 19.1. The summed E-state index contributed by atoms with van der Waals surface area (Å²) in [6.07, 6.45) is 1.73. The Balaban J connectivity index is 1.48. The number of hydrogen-bond acceptors (Lipinski definition) is 3. The quantitative estimate of drug-likeness (QED) is 0.570. The van der Waals surface area contributed by atoms with Gasteiger partial charge in [0, 0.05) is 0 Å². The maximum atomic E-state index is 14.0. The molecule has 2 aromatic carbocycles. The van der Waals surface area contributed by atoms with Crippen molar-refractivity contribution in [2.45, 2.75) is 13.0 Å². The van der Waals surface area contributed by atoms with Gasteiger partial charge in [-0.1, -0.05) is 42.5 Å². The summed E-state index contributed by atoms with van der Waals surface area (Å²) in [4.78, 5) is 25.3. The minimum absolute atomic E-state index is 0.325. The van der Waals surface area contributed by atoms with E-state index in [0.29, 0.717) is 30.8 Å². The molecule has 0 bridgehead atoms. The fourth-order valence-electron chi connectivity index (χ4n) is 2.66. The number of rotatable bonds is 7. The molecule has 0 aromatic heterocycles. The van der Waals surface area contributed by atoms with Crippen molar-refractivity contribution in [3.63, 3.8) is 0 Å². The molecule has 1 heterocycles. The van der Waals surface area contributed by atoms with Crippen molar-refractivity contribution < 1.29 is 18.7 Å².